The first kappa shape index (κ1) is 19.2. The normalized spacial score (nSPS) is 15.3. The second-order valence-corrected chi connectivity index (χ2v) is 6.90. The molecular weight excluding hydrogens is 346 g/mol. The van der Waals surface area contributed by atoms with Gasteiger partial charge >= 0.3 is 5.76 Å². The van der Waals surface area contributed by atoms with Crippen LogP contribution in [0.25, 0.3) is 11.1 Å². The Balaban J connectivity index is 1.55. The van der Waals surface area contributed by atoms with Gasteiger partial charge in [0, 0.05) is 45.1 Å². The molecule has 1 aliphatic heterocycles. The number of carbonyl (C=O) groups excluding carboxylic acids is 2. The fourth-order valence-electron chi connectivity index (χ4n) is 3.76. The lowest BCUT2D eigenvalue weighted by molar-refractivity contribution is -0.140. The van der Waals surface area contributed by atoms with E-state index in [-0.39, 0.29) is 24.2 Å². The lowest BCUT2D eigenvalue weighted by atomic mass is 9.95. The van der Waals surface area contributed by atoms with Crippen LogP contribution in [0.2, 0.25) is 0 Å². The van der Waals surface area contributed by atoms with Crippen LogP contribution >= 0.6 is 0 Å². The molecule has 0 saturated carbocycles. The molecule has 0 atom stereocenters. The Morgan fingerprint density at radius 3 is 2.48 bits per heavy atom. The molecule has 1 aliphatic rings. The Bertz CT molecular complexity index is 857. The average Bonchev–Trinajstić information content (AvgIpc) is 3.02. The van der Waals surface area contributed by atoms with Gasteiger partial charge in [-0.05, 0) is 38.8 Å². The van der Waals surface area contributed by atoms with E-state index < -0.39 is 5.76 Å². The summed E-state index contributed by atoms with van der Waals surface area (Å²) in [5, 5.41) is 0. The molecule has 0 spiro atoms. The number of aromatic nitrogens is 1. The van der Waals surface area contributed by atoms with E-state index in [1.165, 1.54) is 4.57 Å². The summed E-state index contributed by atoms with van der Waals surface area (Å²) in [7, 11) is 0. The van der Waals surface area contributed by atoms with Gasteiger partial charge < -0.3 is 14.2 Å². The minimum absolute atomic E-state index is 0.00869. The van der Waals surface area contributed by atoms with Crippen molar-refractivity contribution < 1.29 is 14.0 Å². The Hall–Kier alpha value is -2.57. The van der Waals surface area contributed by atoms with Gasteiger partial charge in [0.2, 0.25) is 11.8 Å². The average molecular weight is 373 g/mol. The van der Waals surface area contributed by atoms with E-state index in [9.17, 15) is 14.4 Å². The van der Waals surface area contributed by atoms with Crippen molar-refractivity contribution in [1.29, 1.82) is 0 Å². The van der Waals surface area contributed by atoms with Gasteiger partial charge in [0.1, 0.15) is 0 Å². The maximum atomic E-state index is 12.5. The van der Waals surface area contributed by atoms with Gasteiger partial charge in [-0.1, -0.05) is 12.1 Å². The number of rotatable bonds is 6. The zero-order valence-corrected chi connectivity index (χ0v) is 16.0. The third-order valence-corrected chi connectivity index (χ3v) is 5.40. The molecule has 1 aromatic carbocycles. The van der Waals surface area contributed by atoms with Gasteiger partial charge in [-0.25, -0.2) is 4.79 Å². The van der Waals surface area contributed by atoms with Crippen LogP contribution in [0.3, 0.4) is 0 Å². The molecule has 3 rings (SSSR count). The van der Waals surface area contributed by atoms with Crippen LogP contribution in [-0.4, -0.2) is 52.4 Å². The molecule has 146 valence electrons. The number of fused-ring (bicyclic) bond motifs is 1. The summed E-state index contributed by atoms with van der Waals surface area (Å²) in [5.41, 5.74) is 1.24. The predicted molar refractivity (Wildman–Crippen MR) is 102 cm³/mol. The highest BCUT2D eigenvalue weighted by Gasteiger charge is 2.29. The van der Waals surface area contributed by atoms with Crippen LogP contribution in [-0.2, 0) is 16.1 Å². The number of hydrogen-bond acceptors (Lipinski definition) is 4. The van der Waals surface area contributed by atoms with E-state index in [1.807, 2.05) is 36.9 Å². The van der Waals surface area contributed by atoms with Crippen molar-refractivity contribution in [2.45, 2.75) is 39.7 Å². The van der Waals surface area contributed by atoms with Gasteiger partial charge in [0.05, 0.1) is 5.52 Å². The van der Waals surface area contributed by atoms with Crippen molar-refractivity contribution >= 4 is 22.9 Å². The molecule has 7 heteroatoms. The van der Waals surface area contributed by atoms with Crippen molar-refractivity contribution in [2.75, 3.05) is 26.2 Å². The molecule has 0 N–H and O–H groups in total. The monoisotopic (exact) mass is 373 g/mol. The summed E-state index contributed by atoms with van der Waals surface area (Å²) < 4.78 is 6.71. The SMILES string of the molecule is CCN(CC)C(=O)C1CCN(C(=O)CCn2c(=O)oc3ccccc32)CC1. The Morgan fingerprint density at radius 1 is 1.15 bits per heavy atom. The molecule has 1 fully saturated rings. The lowest BCUT2D eigenvalue weighted by Gasteiger charge is -2.33. The summed E-state index contributed by atoms with van der Waals surface area (Å²) in [5.74, 6) is -0.216. The largest absolute Gasteiger partial charge is 0.419 e. The molecule has 27 heavy (non-hydrogen) atoms. The number of benzene rings is 1. The number of oxazole rings is 1. The number of aryl methyl sites for hydroxylation is 1. The number of likely N-dealkylation sites (tertiary alicyclic amines) is 1. The molecule has 2 aromatic rings. The van der Waals surface area contributed by atoms with E-state index in [2.05, 4.69) is 0 Å². The van der Waals surface area contributed by atoms with Gasteiger partial charge in [0.15, 0.2) is 5.58 Å². The summed E-state index contributed by atoms with van der Waals surface area (Å²) >= 11 is 0. The second-order valence-electron chi connectivity index (χ2n) is 6.90. The summed E-state index contributed by atoms with van der Waals surface area (Å²) in [6.45, 7) is 6.91. The Kier molecular flexibility index (Phi) is 5.98. The minimum Gasteiger partial charge on any atom is -0.408 e. The molecule has 0 unspecified atom stereocenters. The molecule has 1 saturated heterocycles. The van der Waals surface area contributed by atoms with E-state index in [0.29, 0.717) is 43.6 Å². The number of para-hydroxylation sites is 2. The number of carbonyl (C=O) groups is 2. The number of nitrogens with zero attached hydrogens (tertiary/aromatic N) is 3. The van der Waals surface area contributed by atoms with Gasteiger partial charge in [-0.2, -0.15) is 0 Å². The van der Waals surface area contributed by atoms with Crippen molar-refractivity contribution in [3.05, 3.63) is 34.8 Å². The molecule has 2 heterocycles. The van der Waals surface area contributed by atoms with E-state index in [0.717, 1.165) is 13.1 Å². The first-order valence-electron chi connectivity index (χ1n) is 9.70. The standard InChI is InChI=1S/C20H27N3O4/c1-3-21(4-2)19(25)15-9-12-22(13-10-15)18(24)11-14-23-16-7-5-6-8-17(16)27-20(23)26/h5-8,15H,3-4,9-14H2,1-2H3. The second kappa shape index (κ2) is 8.41. The molecule has 0 aliphatic carbocycles. The Labute approximate surface area is 158 Å². The number of piperidine rings is 1. The summed E-state index contributed by atoms with van der Waals surface area (Å²) in [6, 6.07) is 7.21. The molecule has 7 nitrogen and oxygen atoms in total. The Morgan fingerprint density at radius 2 is 1.81 bits per heavy atom. The van der Waals surface area contributed by atoms with E-state index >= 15 is 0 Å². The molecular formula is C20H27N3O4. The lowest BCUT2D eigenvalue weighted by Crippen LogP contribution is -2.44. The predicted octanol–water partition coefficient (Wildman–Crippen LogP) is 2.09. The highest BCUT2D eigenvalue weighted by Crippen LogP contribution is 2.20. The van der Waals surface area contributed by atoms with Crippen molar-refractivity contribution in [1.82, 2.24) is 14.4 Å². The van der Waals surface area contributed by atoms with Crippen molar-refractivity contribution in [3.63, 3.8) is 0 Å². The van der Waals surface area contributed by atoms with E-state index in [4.69, 9.17) is 4.42 Å². The van der Waals surface area contributed by atoms with Crippen LogP contribution in [0.15, 0.2) is 33.5 Å². The fourth-order valence-corrected chi connectivity index (χ4v) is 3.76. The zero-order chi connectivity index (χ0) is 19.4. The summed E-state index contributed by atoms with van der Waals surface area (Å²) in [6.07, 6.45) is 1.66. The van der Waals surface area contributed by atoms with E-state index in [1.54, 1.807) is 11.0 Å². The molecule has 0 bridgehead atoms. The summed E-state index contributed by atoms with van der Waals surface area (Å²) in [4.78, 5) is 40.7. The smallest absolute Gasteiger partial charge is 0.408 e. The van der Waals surface area contributed by atoms with Crippen molar-refractivity contribution in [3.8, 4) is 0 Å². The molecule has 2 amide bonds. The minimum atomic E-state index is -0.437. The third kappa shape index (κ3) is 4.07. The first-order valence-corrected chi connectivity index (χ1v) is 9.70. The van der Waals surface area contributed by atoms with Crippen LogP contribution in [0.5, 0.6) is 0 Å². The van der Waals surface area contributed by atoms with Gasteiger partial charge in [0.25, 0.3) is 0 Å². The van der Waals surface area contributed by atoms with Crippen LogP contribution in [0.1, 0.15) is 33.1 Å². The fraction of sp³-hybridized carbons (Fsp3) is 0.550. The third-order valence-electron chi connectivity index (χ3n) is 5.40. The maximum absolute atomic E-state index is 12.5. The highest BCUT2D eigenvalue weighted by atomic mass is 16.4. The number of amides is 2. The quantitative estimate of drug-likeness (QED) is 0.777. The maximum Gasteiger partial charge on any atom is 0.419 e. The highest BCUT2D eigenvalue weighted by molar-refractivity contribution is 5.80. The zero-order valence-electron chi connectivity index (χ0n) is 16.0. The molecule has 1 aromatic heterocycles. The van der Waals surface area contributed by atoms with Crippen molar-refractivity contribution in [2.24, 2.45) is 5.92 Å². The topological polar surface area (TPSA) is 75.8 Å². The van der Waals surface area contributed by atoms with Gasteiger partial charge in [-0.15, -0.1) is 0 Å². The van der Waals surface area contributed by atoms with Crippen LogP contribution in [0.4, 0.5) is 0 Å². The van der Waals surface area contributed by atoms with Crippen LogP contribution in [0, 0.1) is 5.92 Å². The van der Waals surface area contributed by atoms with Gasteiger partial charge in [-0.3, -0.25) is 14.2 Å². The number of hydrogen-bond donors (Lipinski definition) is 0. The first-order chi connectivity index (χ1) is 13.0. The molecule has 0 radical (unpaired) electrons. The van der Waals surface area contributed by atoms with Crippen LogP contribution < -0.4 is 5.76 Å².